The smallest absolute Gasteiger partial charge is 0.408 e. The first-order valence-corrected chi connectivity index (χ1v) is 19.6. The molecule has 6 heterocycles. The molecule has 2 spiro atoms. The van der Waals surface area contributed by atoms with E-state index in [2.05, 4.69) is 15.6 Å². The summed E-state index contributed by atoms with van der Waals surface area (Å²) in [5.74, 6) is -5.78. The van der Waals surface area contributed by atoms with E-state index in [1.807, 2.05) is 48.5 Å². The summed E-state index contributed by atoms with van der Waals surface area (Å²) in [5, 5.41) is 15.5. The number of benzene rings is 2. The van der Waals surface area contributed by atoms with Gasteiger partial charge in [-0.15, -0.1) is 0 Å². The van der Waals surface area contributed by atoms with Crippen molar-refractivity contribution in [1.29, 1.82) is 0 Å². The van der Waals surface area contributed by atoms with Gasteiger partial charge in [0.05, 0.1) is 45.3 Å². The maximum atomic E-state index is 14.8. The van der Waals surface area contributed by atoms with Crippen LogP contribution in [-0.2, 0) is 56.6 Å². The van der Waals surface area contributed by atoms with E-state index in [0.29, 0.717) is 5.69 Å². The molecule has 3 aromatic rings. The van der Waals surface area contributed by atoms with Crippen molar-refractivity contribution in [3.63, 3.8) is 0 Å². The van der Waals surface area contributed by atoms with E-state index in [1.165, 1.54) is 34.1 Å². The van der Waals surface area contributed by atoms with Gasteiger partial charge in [-0.3, -0.25) is 24.0 Å². The predicted octanol–water partition coefficient (Wildman–Crippen LogP) is -0.273. The second-order valence-corrected chi connectivity index (χ2v) is 16.6. The number of hydrogen-bond acceptors (Lipinski definition) is 11. The molecule has 0 saturated carbocycles. The topological polar surface area (TPSA) is 230 Å². The third-order valence-electron chi connectivity index (χ3n) is 13.3. The lowest BCUT2D eigenvalue weighted by Gasteiger charge is -2.48. The molecule has 6 amide bonds. The number of imidazole rings is 1. The molecule has 6 aliphatic rings. The number of aliphatic carboxylic acids is 1. The maximum absolute atomic E-state index is 14.8. The number of carbonyl (C=O) groups excluding carboxylic acids is 7. The summed E-state index contributed by atoms with van der Waals surface area (Å²) in [6, 6.07) is 11.7. The third-order valence-corrected chi connectivity index (χ3v) is 13.3. The monoisotopic (exact) mass is 822 g/mol. The van der Waals surface area contributed by atoms with E-state index in [4.69, 9.17) is 9.47 Å². The van der Waals surface area contributed by atoms with E-state index in [-0.39, 0.29) is 31.9 Å². The normalized spacial score (nSPS) is 29.1. The van der Waals surface area contributed by atoms with Gasteiger partial charge in [0.1, 0.15) is 35.8 Å². The minimum absolute atomic E-state index is 0.0669. The van der Waals surface area contributed by atoms with Crippen LogP contribution in [0.1, 0.15) is 48.9 Å². The summed E-state index contributed by atoms with van der Waals surface area (Å²) in [5.41, 5.74) is -1.02. The molecule has 5 aliphatic heterocycles. The average Bonchev–Trinajstić information content (AvgIpc) is 4.06. The molecule has 5 saturated heterocycles. The number of ether oxygens (including phenoxy) is 2. The number of amides is 6. The molecular formula is C41H42N8O11. The number of piperazine rings is 2. The fraction of sp³-hybridized carbons (Fsp3) is 0.439. The number of carbonyl (C=O) groups is 8. The largest absolute Gasteiger partial charge is 0.480 e. The number of methoxy groups -OCH3 is 1. The number of nitrogens with one attached hydrogen (secondary N) is 2. The van der Waals surface area contributed by atoms with Crippen LogP contribution in [0.3, 0.4) is 0 Å². The van der Waals surface area contributed by atoms with Gasteiger partial charge in [0.25, 0.3) is 11.8 Å². The van der Waals surface area contributed by atoms with E-state index in [1.54, 1.807) is 11.6 Å². The summed E-state index contributed by atoms with van der Waals surface area (Å²) < 4.78 is 12.5. The van der Waals surface area contributed by atoms with Gasteiger partial charge in [-0.1, -0.05) is 48.5 Å². The Bertz CT molecular complexity index is 2350. The number of alkyl carbamates (subject to hydrolysis) is 1. The van der Waals surface area contributed by atoms with E-state index in [9.17, 15) is 43.5 Å². The van der Waals surface area contributed by atoms with Crippen LogP contribution in [0.2, 0.25) is 0 Å². The first-order valence-electron chi connectivity index (χ1n) is 19.6. The summed E-state index contributed by atoms with van der Waals surface area (Å²) in [6.07, 6.45) is 0.967. The molecule has 1 aliphatic carbocycles. The highest BCUT2D eigenvalue weighted by Gasteiger charge is 2.70. The first-order chi connectivity index (χ1) is 28.6. The van der Waals surface area contributed by atoms with Crippen molar-refractivity contribution < 1.29 is 52.9 Å². The molecule has 9 rings (SSSR count). The standard InChI is InChI=1S/C41H42N8O11/c1-22(50)46-20-41(14-31(46)34(53)54)36(56)48-18-39(13-30(48)33(52)49(41)16-23-15-42-21-45(23)2)35(55)47-19-40(37(57)59-3,12-29(47)32(51)43-39)44-38(58)60-17-28-26-10-6-4-8-24(26)25-9-5-7-11-27(25)28/h4-11,15,21,28-31H,12-14,16-20H2,1-3H3,(H,43,51)(H,44,58)(H,53,54)/t29?,30-,31-,39-,40-,41-/m0/s1. The number of rotatable bonds is 7. The highest BCUT2D eigenvalue weighted by atomic mass is 16.6. The van der Waals surface area contributed by atoms with Gasteiger partial charge in [0.15, 0.2) is 5.54 Å². The number of hydrogen-bond donors (Lipinski definition) is 3. The molecule has 6 atom stereocenters. The Hall–Kier alpha value is -6.79. The minimum Gasteiger partial charge on any atom is -0.480 e. The zero-order valence-corrected chi connectivity index (χ0v) is 33.0. The molecule has 1 unspecified atom stereocenters. The van der Waals surface area contributed by atoms with Gasteiger partial charge < -0.3 is 49.4 Å². The Morgan fingerprint density at radius 2 is 1.57 bits per heavy atom. The Morgan fingerprint density at radius 1 is 0.900 bits per heavy atom. The number of likely N-dealkylation sites (tertiary alicyclic amines) is 1. The van der Waals surface area contributed by atoms with Crippen molar-refractivity contribution in [3.8, 4) is 11.1 Å². The molecular weight excluding hydrogens is 780 g/mol. The third kappa shape index (κ3) is 5.57. The zero-order chi connectivity index (χ0) is 42.5. The van der Waals surface area contributed by atoms with Crippen molar-refractivity contribution in [1.82, 2.24) is 39.8 Å². The van der Waals surface area contributed by atoms with E-state index in [0.717, 1.165) is 34.3 Å². The van der Waals surface area contributed by atoms with Crippen LogP contribution in [0.15, 0.2) is 61.1 Å². The van der Waals surface area contributed by atoms with Crippen LogP contribution in [-0.4, -0.2) is 150 Å². The molecule has 19 heteroatoms. The Labute approximate surface area is 342 Å². The maximum Gasteiger partial charge on any atom is 0.408 e. The SMILES string of the molecule is COC(=O)[C@]1(NC(=O)OCC2c3ccccc3-c3ccccc32)CC2C(=O)N[C@]3(C[C@H]4C(=O)N(Cc5cncn5C)[C@]5(C[C@@H](C(=O)O)N(C(C)=O)C5)C(=O)N4C3)C(=O)N2C1. The van der Waals surface area contributed by atoms with Crippen LogP contribution in [0.25, 0.3) is 11.1 Å². The average molecular weight is 823 g/mol. The number of carboxylic acid groups (broad SMARTS) is 1. The number of aryl methyl sites for hydroxylation is 1. The molecule has 3 N–H and O–H groups in total. The highest BCUT2D eigenvalue weighted by molar-refractivity contribution is 6.07. The highest BCUT2D eigenvalue weighted by Crippen LogP contribution is 2.47. The van der Waals surface area contributed by atoms with E-state index < -0.39 is 108 Å². The van der Waals surface area contributed by atoms with Crippen molar-refractivity contribution in [3.05, 3.63) is 77.9 Å². The zero-order valence-electron chi connectivity index (χ0n) is 33.0. The molecule has 60 heavy (non-hydrogen) atoms. The lowest BCUT2D eigenvalue weighted by molar-refractivity contribution is -0.169. The Balaban J connectivity index is 0.977. The van der Waals surface area contributed by atoms with Crippen LogP contribution >= 0.6 is 0 Å². The summed E-state index contributed by atoms with van der Waals surface area (Å²) in [4.78, 5) is 119. The molecule has 0 radical (unpaired) electrons. The quantitative estimate of drug-likeness (QED) is 0.262. The Morgan fingerprint density at radius 3 is 2.17 bits per heavy atom. The predicted molar refractivity (Wildman–Crippen MR) is 204 cm³/mol. The minimum atomic E-state index is -1.90. The van der Waals surface area contributed by atoms with E-state index >= 15 is 0 Å². The number of esters is 1. The molecule has 312 valence electrons. The fourth-order valence-electron chi connectivity index (χ4n) is 10.4. The van der Waals surface area contributed by atoms with Gasteiger partial charge in [0.2, 0.25) is 17.7 Å². The molecule has 0 bridgehead atoms. The molecule has 2 aromatic carbocycles. The van der Waals surface area contributed by atoms with Gasteiger partial charge in [0, 0.05) is 45.3 Å². The Kier molecular flexibility index (Phi) is 8.80. The number of carboxylic acids is 1. The van der Waals surface area contributed by atoms with Gasteiger partial charge in [-0.05, 0) is 22.3 Å². The summed E-state index contributed by atoms with van der Waals surface area (Å²) in [6.45, 7) is -0.366. The second-order valence-electron chi connectivity index (χ2n) is 16.6. The second kappa shape index (κ2) is 13.6. The first kappa shape index (κ1) is 38.7. The number of fused-ring (bicyclic) bond motifs is 5. The number of nitrogens with zero attached hydrogens (tertiary/aromatic N) is 6. The summed E-state index contributed by atoms with van der Waals surface area (Å²) in [7, 11) is 2.81. The molecule has 19 nitrogen and oxygen atoms in total. The molecule has 1 aromatic heterocycles. The fourth-order valence-corrected chi connectivity index (χ4v) is 10.4. The van der Waals surface area contributed by atoms with Crippen molar-refractivity contribution in [2.45, 2.75) is 73.4 Å². The van der Waals surface area contributed by atoms with Crippen LogP contribution < -0.4 is 10.6 Å². The molecule has 5 fully saturated rings. The lowest BCUT2D eigenvalue weighted by Crippen LogP contribution is -2.71. The van der Waals surface area contributed by atoms with Crippen molar-refractivity contribution >= 4 is 47.6 Å². The lowest BCUT2D eigenvalue weighted by atomic mass is 9.86. The van der Waals surface area contributed by atoms with Crippen LogP contribution in [0.4, 0.5) is 4.79 Å². The van der Waals surface area contributed by atoms with Crippen LogP contribution in [0.5, 0.6) is 0 Å². The van der Waals surface area contributed by atoms with Gasteiger partial charge >= 0.3 is 18.0 Å². The summed E-state index contributed by atoms with van der Waals surface area (Å²) >= 11 is 0. The van der Waals surface area contributed by atoms with Crippen molar-refractivity contribution in [2.75, 3.05) is 33.4 Å². The van der Waals surface area contributed by atoms with Crippen molar-refractivity contribution in [2.24, 2.45) is 7.05 Å². The number of aromatic nitrogens is 2. The van der Waals surface area contributed by atoms with Gasteiger partial charge in [-0.25, -0.2) is 19.4 Å². The van der Waals surface area contributed by atoms with Gasteiger partial charge in [-0.2, -0.15) is 0 Å². The van der Waals surface area contributed by atoms with Crippen LogP contribution in [0, 0.1) is 0 Å².